The van der Waals surface area contributed by atoms with Crippen molar-refractivity contribution in [1.29, 1.82) is 0 Å². The van der Waals surface area contributed by atoms with Crippen LogP contribution in [-0.2, 0) is 9.53 Å². The minimum atomic E-state index is 0.0258. The van der Waals surface area contributed by atoms with E-state index in [0.717, 1.165) is 12.8 Å². The average Bonchev–Trinajstić information content (AvgIpc) is 2.69. The van der Waals surface area contributed by atoms with Crippen molar-refractivity contribution in [3.63, 3.8) is 0 Å². The molecule has 2 bridgehead atoms. The van der Waals surface area contributed by atoms with E-state index in [9.17, 15) is 4.79 Å². The summed E-state index contributed by atoms with van der Waals surface area (Å²) in [4.78, 5) is 12.0. The highest BCUT2D eigenvalue weighted by Gasteiger charge is 2.63. The van der Waals surface area contributed by atoms with Gasteiger partial charge >= 0.3 is 0 Å². The van der Waals surface area contributed by atoms with Crippen LogP contribution in [0.1, 0.15) is 59.3 Å². The summed E-state index contributed by atoms with van der Waals surface area (Å²) < 4.78 is 6.46. The lowest BCUT2D eigenvalue weighted by atomic mass is 9.65. The van der Waals surface area contributed by atoms with Gasteiger partial charge in [-0.1, -0.05) is 20.8 Å². The molecule has 2 heteroatoms. The highest BCUT2D eigenvalue weighted by Crippen LogP contribution is 2.62. The fraction of sp³-hybridized carbons (Fsp3) is 0.933. The van der Waals surface area contributed by atoms with Crippen molar-refractivity contribution in [2.45, 2.75) is 71.0 Å². The number of fused-ring (bicyclic) bond motifs is 1. The van der Waals surface area contributed by atoms with Gasteiger partial charge in [-0.2, -0.15) is 0 Å². The molecule has 96 valence electrons. The maximum atomic E-state index is 12.0. The Labute approximate surface area is 104 Å². The lowest BCUT2D eigenvalue weighted by molar-refractivity contribution is -0.129. The molecule has 3 fully saturated rings. The molecular formula is C15H24O2. The molecule has 3 aliphatic rings. The number of ketones is 1. The van der Waals surface area contributed by atoms with E-state index in [-0.39, 0.29) is 17.1 Å². The molecule has 0 aromatic rings. The van der Waals surface area contributed by atoms with Gasteiger partial charge in [-0.25, -0.2) is 0 Å². The number of hydrogen-bond donors (Lipinski definition) is 0. The van der Waals surface area contributed by atoms with Gasteiger partial charge in [0.15, 0.2) is 0 Å². The molecule has 0 radical (unpaired) electrons. The van der Waals surface area contributed by atoms with Crippen molar-refractivity contribution in [2.24, 2.45) is 17.3 Å². The second kappa shape index (κ2) is 3.57. The topological polar surface area (TPSA) is 26.3 Å². The first kappa shape index (κ1) is 11.7. The summed E-state index contributed by atoms with van der Waals surface area (Å²) in [6.45, 7) is 6.93. The molecule has 0 unspecified atom stereocenters. The van der Waals surface area contributed by atoms with E-state index in [1.807, 2.05) is 0 Å². The molecule has 2 nitrogen and oxygen atoms in total. The SMILES string of the molecule is CC(C)[C@@H]1CC[C@@]2(C)CC(=O)C[C@H]3CC[C@@]12O3. The summed E-state index contributed by atoms with van der Waals surface area (Å²) in [6, 6.07) is 0. The molecule has 1 spiro atoms. The molecule has 0 N–H and O–H groups in total. The van der Waals surface area contributed by atoms with Gasteiger partial charge in [0.05, 0.1) is 11.7 Å². The first-order valence-electron chi connectivity index (χ1n) is 7.16. The van der Waals surface area contributed by atoms with Crippen molar-refractivity contribution in [3.8, 4) is 0 Å². The van der Waals surface area contributed by atoms with E-state index >= 15 is 0 Å². The second-order valence-electron chi connectivity index (χ2n) is 7.04. The molecule has 3 rings (SSSR count). The van der Waals surface area contributed by atoms with Crippen LogP contribution in [0.2, 0.25) is 0 Å². The maximum Gasteiger partial charge on any atom is 0.136 e. The molecule has 1 saturated carbocycles. The largest absolute Gasteiger partial charge is 0.370 e. The van der Waals surface area contributed by atoms with Gasteiger partial charge in [-0.3, -0.25) is 4.79 Å². The van der Waals surface area contributed by atoms with Crippen LogP contribution in [0.4, 0.5) is 0 Å². The van der Waals surface area contributed by atoms with Gasteiger partial charge in [-0.15, -0.1) is 0 Å². The number of rotatable bonds is 1. The van der Waals surface area contributed by atoms with Crippen molar-refractivity contribution < 1.29 is 9.53 Å². The molecular weight excluding hydrogens is 212 g/mol. The molecule has 17 heavy (non-hydrogen) atoms. The van der Waals surface area contributed by atoms with Crippen LogP contribution in [0.3, 0.4) is 0 Å². The lowest BCUT2D eigenvalue weighted by Crippen LogP contribution is -2.47. The average molecular weight is 236 g/mol. The molecule has 2 aliphatic heterocycles. The van der Waals surface area contributed by atoms with E-state index in [0.29, 0.717) is 24.0 Å². The van der Waals surface area contributed by atoms with E-state index in [1.165, 1.54) is 19.3 Å². The smallest absolute Gasteiger partial charge is 0.136 e. The number of carbonyl (C=O) groups excluding carboxylic acids is 1. The first-order chi connectivity index (χ1) is 7.97. The number of carbonyl (C=O) groups is 1. The van der Waals surface area contributed by atoms with Gasteiger partial charge in [0.2, 0.25) is 0 Å². The zero-order chi connectivity index (χ0) is 12.3. The van der Waals surface area contributed by atoms with Crippen molar-refractivity contribution in [2.75, 3.05) is 0 Å². The Morgan fingerprint density at radius 2 is 2.06 bits per heavy atom. The van der Waals surface area contributed by atoms with Gasteiger partial charge in [0, 0.05) is 18.3 Å². The Morgan fingerprint density at radius 1 is 1.29 bits per heavy atom. The van der Waals surface area contributed by atoms with Crippen LogP contribution >= 0.6 is 0 Å². The Bertz CT molecular complexity index is 349. The van der Waals surface area contributed by atoms with E-state index in [1.54, 1.807) is 0 Å². The molecule has 4 atom stereocenters. The number of Topliss-reactive ketones (excluding diaryl/α,β-unsaturated/α-hetero) is 1. The molecule has 1 aliphatic carbocycles. The summed E-state index contributed by atoms with van der Waals surface area (Å²) in [5.74, 6) is 1.76. The predicted octanol–water partition coefficient (Wildman–Crippen LogP) is 3.34. The summed E-state index contributed by atoms with van der Waals surface area (Å²) in [5.41, 5.74) is 0.141. The number of hydrogen-bond acceptors (Lipinski definition) is 2. The summed E-state index contributed by atoms with van der Waals surface area (Å²) in [7, 11) is 0. The van der Waals surface area contributed by atoms with Crippen molar-refractivity contribution in [3.05, 3.63) is 0 Å². The standard InChI is InChI=1S/C15H24O2/c1-10(2)13-5-6-14(3)9-11(16)8-12-4-7-15(13,14)17-12/h10,12-13H,4-9H2,1-3H3/t12-,13+,14+,15-/m1/s1. The third-order valence-electron chi connectivity index (χ3n) is 5.69. The van der Waals surface area contributed by atoms with E-state index in [4.69, 9.17) is 4.74 Å². The Balaban J connectivity index is 2.03. The summed E-state index contributed by atoms with van der Waals surface area (Å²) in [6.07, 6.45) is 6.36. The third-order valence-corrected chi connectivity index (χ3v) is 5.69. The fourth-order valence-corrected chi connectivity index (χ4v) is 4.89. The van der Waals surface area contributed by atoms with Crippen LogP contribution in [0, 0.1) is 17.3 Å². The first-order valence-corrected chi connectivity index (χ1v) is 7.16. The van der Waals surface area contributed by atoms with Gasteiger partial charge < -0.3 is 4.74 Å². The van der Waals surface area contributed by atoms with Crippen LogP contribution in [0.15, 0.2) is 0 Å². The van der Waals surface area contributed by atoms with Crippen molar-refractivity contribution in [1.82, 2.24) is 0 Å². The van der Waals surface area contributed by atoms with E-state index < -0.39 is 0 Å². The quantitative estimate of drug-likeness (QED) is 0.698. The minimum absolute atomic E-state index is 0.0258. The van der Waals surface area contributed by atoms with Gasteiger partial charge in [0.1, 0.15) is 5.78 Å². The van der Waals surface area contributed by atoms with Gasteiger partial charge in [-0.05, 0) is 37.5 Å². The lowest BCUT2D eigenvalue weighted by Gasteiger charge is -2.44. The highest BCUT2D eigenvalue weighted by molar-refractivity contribution is 5.80. The Kier molecular flexibility index (Phi) is 2.46. The summed E-state index contributed by atoms with van der Waals surface area (Å²) in [5, 5.41) is 0. The molecule has 2 heterocycles. The molecule has 0 aromatic carbocycles. The van der Waals surface area contributed by atoms with Crippen LogP contribution < -0.4 is 0 Å². The zero-order valence-corrected chi connectivity index (χ0v) is 11.3. The van der Waals surface area contributed by atoms with Crippen molar-refractivity contribution >= 4 is 5.78 Å². The monoisotopic (exact) mass is 236 g/mol. The molecule has 2 saturated heterocycles. The normalized spacial score (nSPS) is 49.5. The third kappa shape index (κ3) is 1.46. The highest BCUT2D eigenvalue weighted by atomic mass is 16.5. The van der Waals surface area contributed by atoms with Gasteiger partial charge in [0.25, 0.3) is 0 Å². The minimum Gasteiger partial charge on any atom is -0.370 e. The Morgan fingerprint density at radius 3 is 2.76 bits per heavy atom. The maximum absolute atomic E-state index is 12.0. The molecule has 0 amide bonds. The Hall–Kier alpha value is -0.370. The zero-order valence-electron chi connectivity index (χ0n) is 11.3. The number of ether oxygens (including phenoxy) is 1. The summed E-state index contributed by atoms with van der Waals surface area (Å²) >= 11 is 0. The predicted molar refractivity (Wildman–Crippen MR) is 66.7 cm³/mol. The van der Waals surface area contributed by atoms with Crippen LogP contribution in [-0.4, -0.2) is 17.5 Å². The second-order valence-corrected chi connectivity index (χ2v) is 7.04. The van der Waals surface area contributed by atoms with Crippen LogP contribution in [0.25, 0.3) is 0 Å². The van der Waals surface area contributed by atoms with E-state index in [2.05, 4.69) is 20.8 Å². The fourth-order valence-electron chi connectivity index (χ4n) is 4.89. The van der Waals surface area contributed by atoms with Crippen LogP contribution in [0.5, 0.6) is 0 Å². The molecule has 0 aromatic heterocycles.